The van der Waals surface area contributed by atoms with Gasteiger partial charge < -0.3 is 15.0 Å². The van der Waals surface area contributed by atoms with Crippen LogP contribution in [0.3, 0.4) is 0 Å². The molecule has 1 aliphatic rings. The van der Waals surface area contributed by atoms with E-state index in [-0.39, 0.29) is 30.2 Å². The summed E-state index contributed by atoms with van der Waals surface area (Å²) in [7, 11) is 3.19. The fourth-order valence-corrected chi connectivity index (χ4v) is 2.34. The number of ether oxygens (including phenoxy) is 1. The van der Waals surface area contributed by atoms with Crippen LogP contribution >= 0.6 is 12.4 Å². The van der Waals surface area contributed by atoms with E-state index in [1.165, 1.54) is 7.11 Å². The highest BCUT2D eigenvalue weighted by Gasteiger charge is 2.26. The molecule has 0 aliphatic carbocycles. The van der Waals surface area contributed by atoms with Gasteiger partial charge in [-0.2, -0.15) is 0 Å². The number of piperidine rings is 1. The summed E-state index contributed by atoms with van der Waals surface area (Å²) in [6, 6.07) is 0.413. The molecule has 0 spiro atoms. The molecule has 1 N–H and O–H groups in total. The number of halogens is 1. The molecule has 2 atom stereocenters. The van der Waals surface area contributed by atoms with E-state index in [1.54, 1.807) is 4.90 Å². The average Bonchev–Trinajstić information content (AvgIpc) is 2.37. The van der Waals surface area contributed by atoms with E-state index in [0.717, 1.165) is 19.4 Å². The molecule has 0 saturated carbocycles. The molecule has 0 aromatic rings. The van der Waals surface area contributed by atoms with Crippen molar-refractivity contribution in [3.05, 3.63) is 0 Å². The normalized spacial score (nSPS) is 22.3. The lowest BCUT2D eigenvalue weighted by molar-refractivity contribution is -0.141. The Morgan fingerprint density at radius 3 is 2.68 bits per heavy atom. The molecular weight excluding hydrogens is 268 g/mol. The number of esters is 1. The Bertz CT molecular complexity index is 300. The van der Waals surface area contributed by atoms with E-state index >= 15 is 0 Å². The molecule has 0 radical (unpaired) electrons. The highest BCUT2D eigenvalue weighted by molar-refractivity contribution is 5.85. The van der Waals surface area contributed by atoms with Crippen molar-refractivity contribution in [2.45, 2.75) is 38.6 Å². The standard InChI is InChI=1S/C13H24N2O3.ClH/c1-10-9-11(6-7-14-10)13(17)15(2)8-4-5-12(16)18-3;/h10-11,14H,4-9H2,1-3H3;1H/t10-,11-;/m0./s1. The molecular formula is C13H25ClN2O3. The summed E-state index contributed by atoms with van der Waals surface area (Å²) in [5.41, 5.74) is 0. The van der Waals surface area contributed by atoms with Crippen LogP contribution in [0, 0.1) is 5.92 Å². The second-order valence-corrected chi connectivity index (χ2v) is 5.02. The molecule has 1 saturated heterocycles. The van der Waals surface area contributed by atoms with Crippen molar-refractivity contribution in [2.75, 3.05) is 27.2 Å². The summed E-state index contributed by atoms with van der Waals surface area (Å²) < 4.78 is 4.57. The van der Waals surface area contributed by atoms with Gasteiger partial charge in [-0.05, 0) is 32.7 Å². The van der Waals surface area contributed by atoms with Gasteiger partial charge in [-0.1, -0.05) is 0 Å². The number of nitrogens with one attached hydrogen (secondary N) is 1. The molecule has 112 valence electrons. The molecule has 5 nitrogen and oxygen atoms in total. The predicted molar refractivity (Wildman–Crippen MR) is 76.3 cm³/mol. The molecule has 0 aromatic carbocycles. The first-order valence-electron chi connectivity index (χ1n) is 6.59. The van der Waals surface area contributed by atoms with Crippen LogP contribution in [0.15, 0.2) is 0 Å². The smallest absolute Gasteiger partial charge is 0.305 e. The number of carbonyl (C=O) groups excluding carboxylic acids is 2. The molecule has 1 fully saturated rings. The molecule has 0 unspecified atom stereocenters. The Labute approximate surface area is 121 Å². The third kappa shape index (κ3) is 6.25. The average molecular weight is 293 g/mol. The van der Waals surface area contributed by atoms with Crippen LogP contribution in [0.1, 0.15) is 32.6 Å². The topological polar surface area (TPSA) is 58.6 Å². The summed E-state index contributed by atoms with van der Waals surface area (Å²) in [6.07, 6.45) is 2.84. The van der Waals surface area contributed by atoms with Crippen molar-refractivity contribution in [3.63, 3.8) is 0 Å². The molecule has 0 bridgehead atoms. The van der Waals surface area contributed by atoms with Gasteiger partial charge in [0.25, 0.3) is 0 Å². The fourth-order valence-electron chi connectivity index (χ4n) is 2.34. The zero-order valence-corrected chi connectivity index (χ0v) is 12.8. The van der Waals surface area contributed by atoms with E-state index in [1.807, 2.05) is 7.05 Å². The maximum absolute atomic E-state index is 12.2. The first kappa shape index (κ1) is 18.2. The second kappa shape index (κ2) is 9.15. The van der Waals surface area contributed by atoms with Gasteiger partial charge >= 0.3 is 5.97 Å². The number of hydrogen-bond acceptors (Lipinski definition) is 4. The molecule has 1 rings (SSSR count). The van der Waals surface area contributed by atoms with Crippen molar-refractivity contribution in [2.24, 2.45) is 5.92 Å². The summed E-state index contributed by atoms with van der Waals surface area (Å²) in [4.78, 5) is 24.9. The minimum absolute atomic E-state index is 0. The van der Waals surface area contributed by atoms with Gasteiger partial charge in [-0.3, -0.25) is 9.59 Å². The zero-order valence-electron chi connectivity index (χ0n) is 12.0. The lowest BCUT2D eigenvalue weighted by Crippen LogP contribution is -2.43. The first-order valence-corrected chi connectivity index (χ1v) is 6.59. The predicted octanol–water partition coefficient (Wildman–Crippen LogP) is 1.21. The number of carbonyl (C=O) groups is 2. The quantitative estimate of drug-likeness (QED) is 0.774. The highest BCUT2D eigenvalue weighted by Crippen LogP contribution is 2.18. The van der Waals surface area contributed by atoms with E-state index in [4.69, 9.17) is 0 Å². The lowest BCUT2D eigenvalue weighted by Gasteiger charge is -2.30. The van der Waals surface area contributed by atoms with Gasteiger partial charge in [0.2, 0.25) is 5.91 Å². The summed E-state index contributed by atoms with van der Waals surface area (Å²) >= 11 is 0. The Morgan fingerprint density at radius 1 is 1.42 bits per heavy atom. The van der Waals surface area contributed by atoms with E-state index < -0.39 is 0 Å². The van der Waals surface area contributed by atoms with E-state index in [0.29, 0.717) is 25.4 Å². The van der Waals surface area contributed by atoms with Crippen LogP contribution in [0.2, 0.25) is 0 Å². The van der Waals surface area contributed by atoms with Crippen molar-refractivity contribution in [1.82, 2.24) is 10.2 Å². The largest absolute Gasteiger partial charge is 0.469 e. The Kier molecular flexibility index (Phi) is 8.76. The SMILES string of the molecule is COC(=O)CCCN(C)C(=O)[C@H]1CCN[C@@H](C)C1.Cl. The van der Waals surface area contributed by atoms with Crippen molar-refractivity contribution in [1.29, 1.82) is 0 Å². The van der Waals surface area contributed by atoms with Crippen LogP contribution in [0.4, 0.5) is 0 Å². The molecule has 0 aromatic heterocycles. The van der Waals surface area contributed by atoms with Crippen LogP contribution in [-0.4, -0.2) is 50.1 Å². The second-order valence-electron chi connectivity index (χ2n) is 5.02. The molecule has 6 heteroatoms. The Morgan fingerprint density at radius 2 is 2.11 bits per heavy atom. The third-order valence-electron chi connectivity index (χ3n) is 3.45. The first-order chi connectivity index (χ1) is 8.54. The van der Waals surface area contributed by atoms with Gasteiger partial charge in [0.05, 0.1) is 7.11 Å². The third-order valence-corrected chi connectivity index (χ3v) is 3.45. The number of hydrogen-bond donors (Lipinski definition) is 1. The zero-order chi connectivity index (χ0) is 13.5. The summed E-state index contributed by atoms with van der Waals surface area (Å²) in [5, 5.41) is 3.34. The van der Waals surface area contributed by atoms with Crippen molar-refractivity contribution < 1.29 is 14.3 Å². The van der Waals surface area contributed by atoms with Crippen LogP contribution in [0.25, 0.3) is 0 Å². The maximum Gasteiger partial charge on any atom is 0.305 e. The summed E-state index contributed by atoms with van der Waals surface area (Å²) in [6.45, 7) is 3.64. The Balaban J connectivity index is 0.00000324. The number of rotatable bonds is 5. The molecule has 1 heterocycles. The van der Waals surface area contributed by atoms with Gasteiger partial charge in [0, 0.05) is 32.0 Å². The van der Waals surface area contributed by atoms with Gasteiger partial charge in [0.15, 0.2) is 0 Å². The monoisotopic (exact) mass is 292 g/mol. The van der Waals surface area contributed by atoms with Crippen molar-refractivity contribution >= 4 is 24.3 Å². The Hall–Kier alpha value is -0.810. The van der Waals surface area contributed by atoms with Crippen LogP contribution in [0.5, 0.6) is 0 Å². The number of amides is 1. The maximum atomic E-state index is 12.2. The van der Waals surface area contributed by atoms with E-state index in [9.17, 15) is 9.59 Å². The van der Waals surface area contributed by atoms with Gasteiger partial charge in [-0.25, -0.2) is 0 Å². The molecule has 1 amide bonds. The van der Waals surface area contributed by atoms with Gasteiger partial charge in [-0.15, -0.1) is 12.4 Å². The highest BCUT2D eigenvalue weighted by atomic mass is 35.5. The van der Waals surface area contributed by atoms with E-state index in [2.05, 4.69) is 17.0 Å². The number of methoxy groups -OCH3 is 1. The molecule has 1 aliphatic heterocycles. The van der Waals surface area contributed by atoms with Gasteiger partial charge in [0.1, 0.15) is 0 Å². The summed E-state index contributed by atoms with van der Waals surface area (Å²) in [5.74, 6) is 0.115. The van der Waals surface area contributed by atoms with Crippen LogP contribution in [-0.2, 0) is 14.3 Å². The minimum Gasteiger partial charge on any atom is -0.469 e. The number of nitrogens with zero attached hydrogens (tertiary/aromatic N) is 1. The minimum atomic E-state index is -0.216. The lowest BCUT2D eigenvalue weighted by atomic mass is 9.92. The fraction of sp³-hybridized carbons (Fsp3) is 0.846. The van der Waals surface area contributed by atoms with Crippen LogP contribution < -0.4 is 5.32 Å². The van der Waals surface area contributed by atoms with Crippen molar-refractivity contribution in [3.8, 4) is 0 Å². The molecule has 19 heavy (non-hydrogen) atoms.